The van der Waals surface area contributed by atoms with Crippen molar-refractivity contribution in [3.63, 3.8) is 0 Å². The summed E-state index contributed by atoms with van der Waals surface area (Å²) in [6.45, 7) is 2.55. The predicted octanol–water partition coefficient (Wildman–Crippen LogP) is 2.59. The number of nitrogens with one attached hydrogen (secondary N) is 1. The van der Waals surface area contributed by atoms with Crippen LogP contribution >= 0.6 is 0 Å². The first-order valence-corrected chi connectivity index (χ1v) is 12.5. The summed E-state index contributed by atoms with van der Waals surface area (Å²) in [5.74, 6) is -0.345. The molecule has 7 nitrogen and oxygen atoms in total. The lowest BCUT2D eigenvalue weighted by atomic mass is 10.1. The molecular formula is C22H31N3O4S. The smallest absolute Gasteiger partial charge is 0.243 e. The zero-order chi connectivity index (χ0) is 21.3. The van der Waals surface area contributed by atoms with E-state index in [1.165, 1.54) is 29.0 Å². The SMILES string of the molecule is CC(=O)N1c2ccc(S(=O)(=O)N3CCCC3)cc2C[C@H]1C(=O)NC1CCCCCC1. The molecule has 4 rings (SSSR count). The van der Waals surface area contributed by atoms with Crippen molar-refractivity contribution in [3.05, 3.63) is 23.8 Å². The monoisotopic (exact) mass is 433 g/mol. The summed E-state index contributed by atoms with van der Waals surface area (Å²) in [5, 5.41) is 3.15. The second-order valence-corrected chi connectivity index (χ2v) is 10.6. The van der Waals surface area contributed by atoms with Gasteiger partial charge in [0.25, 0.3) is 0 Å². The summed E-state index contributed by atoms with van der Waals surface area (Å²) >= 11 is 0. The van der Waals surface area contributed by atoms with E-state index in [0.717, 1.165) is 44.1 Å². The second-order valence-electron chi connectivity index (χ2n) is 8.71. The van der Waals surface area contributed by atoms with Crippen LogP contribution in [0.25, 0.3) is 0 Å². The zero-order valence-corrected chi connectivity index (χ0v) is 18.4. The van der Waals surface area contributed by atoms with Crippen molar-refractivity contribution in [3.8, 4) is 0 Å². The Kier molecular flexibility index (Phi) is 6.16. The molecule has 164 valence electrons. The van der Waals surface area contributed by atoms with Crippen molar-refractivity contribution in [2.75, 3.05) is 18.0 Å². The minimum Gasteiger partial charge on any atom is -0.352 e. The molecular weight excluding hydrogens is 402 g/mol. The van der Waals surface area contributed by atoms with Gasteiger partial charge in [-0.25, -0.2) is 8.42 Å². The highest BCUT2D eigenvalue weighted by Crippen LogP contribution is 2.35. The van der Waals surface area contributed by atoms with E-state index >= 15 is 0 Å². The van der Waals surface area contributed by atoms with E-state index < -0.39 is 16.1 Å². The standard InChI is InChI=1S/C22H31N3O4S/c1-16(26)25-20-11-10-19(30(28,29)24-12-6-7-13-24)14-17(20)15-21(25)22(27)23-18-8-4-2-3-5-9-18/h10-11,14,18,21H,2-9,12-13,15H2,1H3,(H,23,27)/t21-/m0/s1. The molecule has 1 aliphatic carbocycles. The molecule has 0 radical (unpaired) electrons. The van der Waals surface area contributed by atoms with Gasteiger partial charge in [-0.05, 0) is 49.4 Å². The van der Waals surface area contributed by atoms with E-state index in [2.05, 4.69) is 5.32 Å². The number of amides is 2. The first-order valence-electron chi connectivity index (χ1n) is 11.1. The fourth-order valence-corrected chi connectivity index (χ4v) is 6.55. The lowest BCUT2D eigenvalue weighted by Gasteiger charge is -2.26. The second kappa shape index (κ2) is 8.67. The maximum Gasteiger partial charge on any atom is 0.243 e. The van der Waals surface area contributed by atoms with Crippen LogP contribution in [0.15, 0.2) is 23.1 Å². The number of fused-ring (bicyclic) bond motifs is 1. The number of benzene rings is 1. The summed E-state index contributed by atoms with van der Waals surface area (Å²) in [7, 11) is -3.53. The molecule has 1 aromatic carbocycles. The number of nitrogens with zero attached hydrogens (tertiary/aromatic N) is 2. The van der Waals surface area contributed by atoms with Gasteiger partial charge < -0.3 is 5.32 Å². The van der Waals surface area contributed by atoms with Gasteiger partial charge in [0.2, 0.25) is 21.8 Å². The van der Waals surface area contributed by atoms with Crippen LogP contribution in [0, 0.1) is 0 Å². The first-order chi connectivity index (χ1) is 14.4. The van der Waals surface area contributed by atoms with Crippen LogP contribution in [0.2, 0.25) is 0 Å². The maximum absolute atomic E-state index is 13.1. The van der Waals surface area contributed by atoms with E-state index in [1.807, 2.05) is 0 Å². The fraction of sp³-hybridized carbons (Fsp3) is 0.636. The number of hydrogen-bond donors (Lipinski definition) is 1. The normalized spacial score (nSPS) is 23.2. The van der Waals surface area contributed by atoms with Crippen LogP contribution in [-0.2, 0) is 26.0 Å². The molecule has 1 aromatic rings. The minimum atomic E-state index is -3.53. The molecule has 2 amide bonds. The zero-order valence-electron chi connectivity index (χ0n) is 17.6. The number of carbonyl (C=O) groups is 2. The Hall–Kier alpha value is -1.93. The summed E-state index contributed by atoms with van der Waals surface area (Å²) in [5.41, 5.74) is 1.38. The molecule has 1 saturated heterocycles. The van der Waals surface area contributed by atoms with E-state index in [1.54, 1.807) is 18.2 Å². The van der Waals surface area contributed by atoms with Crippen LogP contribution in [0.4, 0.5) is 5.69 Å². The third-order valence-corrected chi connectivity index (χ3v) is 8.48. The Bertz CT molecular complexity index is 916. The molecule has 30 heavy (non-hydrogen) atoms. The summed E-state index contributed by atoms with van der Waals surface area (Å²) in [4.78, 5) is 27.2. The molecule has 0 bridgehead atoms. The molecule has 3 aliphatic rings. The van der Waals surface area contributed by atoms with Gasteiger partial charge in [0.15, 0.2) is 0 Å². The molecule has 1 atom stereocenters. The van der Waals surface area contributed by atoms with Crippen LogP contribution in [-0.4, -0.2) is 49.7 Å². The Labute approximate surface area is 178 Å². The van der Waals surface area contributed by atoms with Crippen molar-refractivity contribution < 1.29 is 18.0 Å². The van der Waals surface area contributed by atoms with Crippen molar-refractivity contribution >= 4 is 27.5 Å². The molecule has 0 spiro atoms. The Morgan fingerprint density at radius 1 is 1.00 bits per heavy atom. The quantitative estimate of drug-likeness (QED) is 0.740. The number of sulfonamides is 1. The molecule has 0 aromatic heterocycles. The van der Waals surface area contributed by atoms with Crippen molar-refractivity contribution in [2.24, 2.45) is 0 Å². The Morgan fingerprint density at radius 2 is 1.67 bits per heavy atom. The van der Waals surface area contributed by atoms with E-state index in [4.69, 9.17) is 0 Å². The van der Waals surface area contributed by atoms with Crippen LogP contribution in [0.3, 0.4) is 0 Å². The average molecular weight is 434 g/mol. The van der Waals surface area contributed by atoms with Crippen molar-refractivity contribution in [1.29, 1.82) is 0 Å². The minimum absolute atomic E-state index is 0.141. The number of rotatable bonds is 4. The highest BCUT2D eigenvalue weighted by atomic mass is 32.2. The summed E-state index contributed by atoms with van der Waals surface area (Å²) in [6, 6.07) is 4.43. The van der Waals surface area contributed by atoms with Gasteiger partial charge in [0, 0.05) is 38.2 Å². The van der Waals surface area contributed by atoms with Crippen molar-refractivity contribution in [2.45, 2.75) is 81.7 Å². The van der Waals surface area contributed by atoms with Gasteiger partial charge in [-0.2, -0.15) is 4.31 Å². The van der Waals surface area contributed by atoms with Crippen LogP contribution in [0.5, 0.6) is 0 Å². The van der Waals surface area contributed by atoms with E-state index in [-0.39, 0.29) is 22.8 Å². The summed E-state index contributed by atoms with van der Waals surface area (Å²) < 4.78 is 27.4. The van der Waals surface area contributed by atoms with Crippen LogP contribution in [0.1, 0.15) is 63.9 Å². The maximum atomic E-state index is 13.1. The average Bonchev–Trinajstić information content (AvgIpc) is 3.31. The molecule has 2 heterocycles. The van der Waals surface area contributed by atoms with Crippen LogP contribution < -0.4 is 10.2 Å². The molecule has 1 N–H and O–H groups in total. The summed E-state index contributed by atoms with van der Waals surface area (Å²) in [6.07, 6.45) is 8.69. The Morgan fingerprint density at radius 3 is 2.30 bits per heavy atom. The molecule has 2 fully saturated rings. The van der Waals surface area contributed by atoms with Gasteiger partial charge in [-0.15, -0.1) is 0 Å². The van der Waals surface area contributed by atoms with Gasteiger partial charge in [-0.3, -0.25) is 14.5 Å². The van der Waals surface area contributed by atoms with Gasteiger partial charge in [0.05, 0.1) is 4.90 Å². The highest BCUT2D eigenvalue weighted by molar-refractivity contribution is 7.89. The molecule has 2 aliphatic heterocycles. The third-order valence-electron chi connectivity index (χ3n) is 6.58. The lowest BCUT2D eigenvalue weighted by molar-refractivity contribution is -0.126. The Balaban J connectivity index is 1.56. The van der Waals surface area contributed by atoms with E-state index in [0.29, 0.717) is 25.2 Å². The molecule has 0 unspecified atom stereocenters. The fourth-order valence-electron chi connectivity index (χ4n) is 4.99. The number of anilines is 1. The lowest BCUT2D eigenvalue weighted by Crippen LogP contribution is -2.50. The predicted molar refractivity (Wildman–Crippen MR) is 115 cm³/mol. The largest absolute Gasteiger partial charge is 0.352 e. The van der Waals surface area contributed by atoms with Crippen molar-refractivity contribution in [1.82, 2.24) is 9.62 Å². The van der Waals surface area contributed by atoms with Gasteiger partial charge in [-0.1, -0.05) is 25.7 Å². The topological polar surface area (TPSA) is 86.8 Å². The third kappa shape index (κ3) is 4.12. The number of hydrogen-bond acceptors (Lipinski definition) is 4. The van der Waals surface area contributed by atoms with E-state index in [9.17, 15) is 18.0 Å². The highest BCUT2D eigenvalue weighted by Gasteiger charge is 2.39. The molecule has 1 saturated carbocycles. The van der Waals surface area contributed by atoms with Gasteiger partial charge in [0.1, 0.15) is 6.04 Å². The first kappa shape index (κ1) is 21.3. The molecule has 8 heteroatoms. The van der Waals surface area contributed by atoms with Gasteiger partial charge >= 0.3 is 0 Å². The number of carbonyl (C=O) groups excluding carboxylic acids is 2.